The minimum atomic E-state index is -0.734. The van der Waals surface area contributed by atoms with Crippen molar-refractivity contribution in [2.45, 2.75) is 32.1 Å². The molecule has 0 spiro atoms. The Labute approximate surface area is 114 Å². The summed E-state index contributed by atoms with van der Waals surface area (Å²) in [7, 11) is 3.71. The quantitative estimate of drug-likeness (QED) is 0.911. The molecule has 1 aromatic carbocycles. The van der Waals surface area contributed by atoms with Crippen LogP contribution in [0, 0.1) is 6.92 Å². The Morgan fingerprint density at radius 2 is 2.26 bits per heavy atom. The van der Waals surface area contributed by atoms with Crippen LogP contribution in [0.15, 0.2) is 12.1 Å². The molecule has 0 fully saturated rings. The smallest absolute Gasteiger partial charge is 0.303 e. The van der Waals surface area contributed by atoms with Crippen molar-refractivity contribution >= 4 is 11.7 Å². The minimum absolute atomic E-state index is 0.0764. The highest BCUT2D eigenvalue weighted by atomic mass is 16.5. The van der Waals surface area contributed by atoms with Crippen LogP contribution in [0.1, 0.15) is 36.3 Å². The molecule has 4 nitrogen and oxygen atoms in total. The highest BCUT2D eigenvalue weighted by molar-refractivity contribution is 5.72. The maximum absolute atomic E-state index is 11.1. The van der Waals surface area contributed by atoms with Crippen LogP contribution in [0.5, 0.6) is 5.75 Å². The Kier molecular flexibility index (Phi) is 3.98. The lowest BCUT2D eigenvalue weighted by Gasteiger charge is -2.25. The third-order valence-electron chi connectivity index (χ3n) is 3.88. The Morgan fingerprint density at radius 1 is 1.53 bits per heavy atom. The average Bonchev–Trinajstić information content (AvgIpc) is 2.51. The molecule has 1 aliphatic rings. The summed E-state index contributed by atoms with van der Waals surface area (Å²) in [6.45, 7) is 2.98. The van der Waals surface area contributed by atoms with Crippen LogP contribution in [0.4, 0.5) is 5.69 Å². The standard InChI is InChI=1S/C15H21NO3/c1-10-6-7-12(19-3)15-14(10)11(9-13(17)18)5-4-8-16(15)2/h6-7,11H,4-5,8-9H2,1-3H3,(H,17,18). The second kappa shape index (κ2) is 5.51. The zero-order chi connectivity index (χ0) is 14.0. The van der Waals surface area contributed by atoms with Gasteiger partial charge in [0.25, 0.3) is 0 Å². The highest BCUT2D eigenvalue weighted by Crippen LogP contribution is 2.43. The lowest BCUT2D eigenvalue weighted by atomic mass is 9.87. The number of carboxylic acid groups (broad SMARTS) is 1. The van der Waals surface area contributed by atoms with Crippen LogP contribution in [-0.2, 0) is 4.79 Å². The van der Waals surface area contributed by atoms with E-state index in [9.17, 15) is 4.79 Å². The summed E-state index contributed by atoms with van der Waals surface area (Å²) in [5, 5.41) is 9.12. The molecule has 0 amide bonds. The molecule has 1 N–H and O–H groups in total. The number of aryl methyl sites for hydroxylation is 1. The minimum Gasteiger partial charge on any atom is -0.495 e. The Bertz CT molecular complexity index is 485. The van der Waals surface area contributed by atoms with E-state index in [0.29, 0.717) is 0 Å². The van der Waals surface area contributed by atoms with E-state index in [1.54, 1.807) is 7.11 Å². The predicted octanol–water partition coefficient (Wildman–Crippen LogP) is 2.79. The molecule has 0 bridgehead atoms. The summed E-state index contributed by atoms with van der Waals surface area (Å²) in [4.78, 5) is 13.3. The summed E-state index contributed by atoms with van der Waals surface area (Å²) in [6.07, 6.45) is 2.11. The molecular weight excluding hydrogens is 242 g/mol. The number of nitrogens with zero attached hydrogens (tertiary/aromatic N) is 1. The molecule has 0 saturated carbocycles. The number of carboxylic acids is 1. The molecule has 1 aliphatic heterocycles. The van der Waals surface area contributed by atoms with Gasteiger partial charge in [-0.05, 0) is 42.9 Å². The first-order chi connectivity index (χ1) is 9.04. The molecule has 0 radical (unpaired) electrons. The van der Waals surface area contributed by atoms with Crippen molar-refractivity contribution in [1.29, 1.82) is 0 Å². The molecule has 0 aliphatic carbocycles. The number of hydrogen-bond donors (Lipinski definition) is 1. The van der Waals surface area contributed by atoms with E-state index in [0.717, 1.165) is 42.0 Å². The van der Waals surface area contributed by atoms with Gasteiger partial charge in [0.15, 0.2) is 0 Å². The Balaban J connectivity index is 2.56. The molecule has 1 aromatic rings. The van der Waals surface area contributed by atoms with E-state index >= 15 is 0 Å². The van der Waals surface area contributed by atoms with Crippen molar-refractivity contribution in [2.24, 2.45) is 0 Å². The number of benzene rings is 1. The number of hydrogen-bond acceptors (Lipinski definition) is 3. The molecule has 19 heavy (non-hydrogen) atoms. The summed E-state index contributed by atoms with van der Waals surface area (Å²) in [6, 6.07) is 3.99. The third-order valence-corrected chi connectivity index (χ3v) is 3.88. The number of ether oxygens (including phenoxy) is 1. The molecule has 4 heteroatoms. The van der Waals surface area contributed by atoms with Crippen molar-refractivity contribution < 1.29 is 14.6 Å². The van der Waals surface area contributed by atoms with E-state index in [2.05, 4.69) is 4.90 Å². The second-order valence-electron chi connectivity index (χ2n) is 5.21. The van der Waals surface area contributed by atoms with Crippen molar-refractivity contribution in [3.8, 4) is 5.75 Å². The van der Waals surface area contributed by atoms with Crippen molar-refractivity contribution in [3.63, 3.8) is 0 Å². The van der Waals surface area contributed by atoms with Crippen LogP contribution in [0.3, 0.4) is 0 Å². The van der Waals surface area contributed by atoms with E-state index in [-0.39, 0.29) is 12.3 Å². The largest absolute Gasteiger partial charge is 0.495 e. The van der Waals surface area contributed by atoms with Gasteiger partial charge in [0.1, 0.15) is 5.75 Å². The summed E-state index contributed by atoms with van der Waals surface area (Å²) in [5.74, 6) is 0.177. The number of fused-ring (bicyclic) bond motifs is 1. The fourth-order valence-corrected chi connectivity index (χ4v) is 3.01. The van der Waals surface area contributed by atoms with Gasteiger partial charge in [-0.3, -0.25) is 4.79 Å². The van der Waals surface area contributed by atoms with E-state index in [4.69, 9.17) is 9.84 Å². The first-order valence-electron chi connectivity index (χ1n) is 6.65. The zero-order valence-electron chi connectivity index (χ0n) is 11.8. The van der Waals surface area contributed by atoms with Gasteiger partial charge in [-0.2, -0.15) is 0 Å². The van der Waals surface area contributed by atoms with Gasteiger partial charge >= 0.3 is 5.97 Å². The first-order valence-corrected chi connectivity index (χ1v) is 6.65. The average molecular weight is 263 g/mol. The molecule has 1 unspecified atom stereocenters. The van der Waals surface area contributed by atoms with Gasteiger partial charge in [0.2, 0.25) is 0 Å². The molecule has 104 valence electrons. The molecule has 1 heterocycles. The van der Waals surface area contributed by atoms with Gasteiger partial charge in [-0.1, -0.05) is 6.07 Å². The van der Waals surface area contributed by atoms with Gasteiger partial charge in [0.05, 0.1) is 19.2 Å². The van der Waals surface area contributed by atoms with Gasteiger partial charge < -0.3 is 14.7 Å². The number of aliphatic carboxylic acids is 1. The summed E-state index contributed by atoms with van der Waals surface area (Å²) in [5.41, 5.74) is 3.35. The van der Waals surface area contributed by atoms with Gasteiger partial charge in [-0.15, -0.1) is 0 Å². The Hall–Kier alpha value is -1.71. The van der Waals surface area contributed by atoms with Crippen LogP contribution in [0.25, 0.3) is 0 Å². The van der Waals surface area contributed by atoms with Crippen molar-refractivity contribution in [2.75, 3.05) is 25.6 Å². The fraction of sp³-hybridized carbons (Fsp3) is 0.533. The van der Waals surface area contributed by atoms with Gasteiger partial charge in [0, 0.05) is 13.6 Å². The van der Waals surface area contributed by atoms with E-state index in [1.165, 1.54) is 0 Å². The maximum Gasteiger partial charge on any atom is 0.303 e. The highest BCUT2D eigenvalue weighted by Gasteiger charge is 2.27. The maximum atomic E-state index is 11.1. The van der Waals surface area contributed by atoms with E-state index < -0.39 is 5.97 Å². The van der Waals surface area contributed by atoms with Crippen molar-refractivity contribution in [3.05, 3.63) is 23.3 Å². The number of carbonyl (C=O) groups is 1. The predicted molar refractivity (Wildman–Crippen MR) is 75.2 cm³/mol. The molecule has 2 rings (SSSR count). The monoisotopic (exact) mass is 263 g/mol. The normalized spacial score (nSPS) is 18.7. The Morgan fingerprint density at radius 3 is 2.89 bits per heavy atom. The molecule has 0 aromatic heterocycles. The van der Waals surface area contributed by atoms with Gasteiger partial charge in [-0.25, -0.2) is 0 Å². The SMILES string of the molecule is COc1ccc(C)c2c1N(C)CCCC2CC(=O)O. The molecule has 1 atom stereocenters. The third kappa shape index (κ3) is 2.67. The number of methoxy groups -OCH3 is 1. The van der Waals surface area contributed by atoms with E-state index in [1.807, 2.05) is 26.1 Å². The van der Waals surface area contributed by atoms with Crippen LogP contribution >= 0.6 is 0 Å². The van der Waals surface area contributed by atoms with Crippen LogP contribution in [0.2, 0.25) is 0 Å². The zero-order valence-corrected chi connectivity index (χ0v) is 11.8. The van der Waals surface area contributed by atoms with Crippen LogP contribution in [-0.4, -0.2) is 31.8 Å². The summed E-state index contributed by atoms with van der Waals surface area (Å²) >= 11 is 0. The molecule has 0 saturated heterocycles. The number of rotatable bonds is 3. The fourth-order valence-electron chi connectivity index (χ4n) is 3.01. The number of anilines is 1. The lowest BCUT2D eigenvalue weighted by Crippen LogP contribution is -2.19. The summed E-state index contributed by atoms with van der Waals surface area (Å²) < 4.78 is 5.46. The van der Waals surface area contributed by atoms with Crippen molar-refractivity contribution in [1.82, 2.24) is 0 Å². The molecular formula is C15H21NO3. The lowest BCUT2D eigenvalue weighted by molar-refractivity contribution is -0.137. The topological polar surface area (TPSA) is 49.8 Å². The first kappa shape index (κ1) is 13.7. The van der Waals surface area contributed by atoms with Crippen LogP contribution < -0.4 is 9.64 Å². The second-order valence-corrected chi connectivity index (χ2v) is 5.21.